The Morgan fingerprint density at radius 3 is 2.17 bits per heavy atom. The normalized spacial score (nSPS) is 12.6. The smallest absolute Gasteiger partial charge is 0.478 e. The van der Waals surface area contributed by atoms with Gasteiger partial charge in [0.25, 0.3) is 0 Å². The van der Waals surface area contributed by atoms with E-state index in [2.05, 4.69) is 0 Å². The second kappa shape index (κ2) is 5.53. The summed E-state index contributed by atoms with van der Waals surface area (Å²) in [5, 5.41) is 9.04. The van der Waals surface area contributed by atoms with Crippen LogP contribution in [-0.4, -0.2) is 22.8 Å². The highest BCUT2D eigenvalue weighted by Crippen LogP contribution is 2.19. The van der Waals surface area contributed by atoms with Crippen LogP contribution in [0.15, 0.2) is 30.3 Å². The van der Waals surface area contributed by atoms with Crippen molar-refractivity contribution in [3.05, 3.63) is 35.9 Å². The van der Waals surface area contributed by atoms with Crippen molar-refractivity contribution in [2.24, 2.45) is 0 Å². The Kier molecular flexibility index (Phi) is 4.31. The van der Waals surface area contributed by atoms with Gasteiger partial charge in [0.1, 0.15) is 5.60 Å². The maximum absolute atomic E-state index is 11.4. The van der Waals surface area contributed by atoms with Crippen LogP contribution in [0, 0.1) is 0 Å². The summed E-state index contributed by atoms with van der Waals surface area (Å²) in [6.07, 6.45) is -2.36. The summed E-state index contributed by atoms with van der Waals surface area (Å²) >= 11 is 0. The van der Waals surface area contributed by atoms with Gasteiger partial charge in [0.15, 0.2) is 0 Å². The summed E-state index contributed by atoms with van der Waals surface area (Å²) in [4.78, 5) is 22.5. The van der Waals surface area contributed by atoms with E-state index in [1.54, 1.807) is 51.1 Å². The molecule has 0 saturated carbocycles. The van der Waals surface area contributed by atoms with Crippen LogP contribution in [0.2, 0.25) is 0 Å². The molecule has 0 aliphatic carbocycles. The standard InChI is InChI=1S/C13H16O5/c1-13(2,3)18-12(16)17-10(11(14)15)9-7-5-4-6-8-9/h4-8,10H,1-3H3,(H,14,15)/t10-/m1/s1. The van der Waals surface area contributed by atoms with Crippen molar-refractivity contribution in [2.75, 3.05) is 0 Å². The monoisotopic (exact) mass is 252 g/mol. The highest BCUT2D eigenvalue weighted by atomic mass is 16.7. The van der Waals surface area contributed by atoms with Gasteiger partial charge in [0.05, 0.1) is 0 Å². The number of hydrogen-bond acceptors (Lipinski definition) is 4. The summed E-state index contributed by atoms with van der Waals surface area (Å²) in [5.74, 6) is -1.24. The van der Waals surface area contributed by atoms with Crippen molar-refractivity contribution in [2.45, 2.75) is 32.5 Å². The van der Waals surface area contributed by atoms with Crippen LogP contribution < -0.4 is 0 Å². The third-order valence-corrected chi connectivity index (χ3v) is 1.93. The van der Waals surface area contributed by atoms with Crippen LogP contribution in [0.5, 0.6) is 0 Å². The van der Waals surface area contributed by atoms with Gasteiger partial charge in [-0.25, -0.2) is 9.59 Å². The lowest BCUT2D eigenvalue weighted by atomic mass is 10.1. The van der Waals surface area contributed by atoms with Gasteiger partial charge in [-0.05, 0) is 20.8 Å². The van der Waals surface area contributed by atoms with Crippen LogP contribution >= 0.6 is 0 Å². The van der Waals surface area contributed by atoms with Gasteiger partial charge in [-0.2, -0.15) is 0 Å². The lowest BCUT2D eigenvalue weighted by molar-refractivity contribution is -0.149. The molecule has 0 aromatic heterocycles. The molecule has 1 aromatic rings. The molecular weight excluding hydrogens is 236 g/mol. The van der Waals surface area contributed by atoms with E-state index in [0.717, 1.165) is 0 Å². The summed E-state index contributed by atoms with van der Waals surface area (Å²) in [5.41, 5.74) is -0.340. The first-order chi connectivity index (χ1) is 8.29. The summed E-state index contributed by atoms with van der Waals surface area (Å²) in [6, 6.07) is 8.23. The van der Waals surface area contributed by atoms with E-state index >= 15 is 0 Å². The highest BCUT2D eigenvalue weighted by molar-refractivity contribution is 5.77. The fourth-order valence-electron chi connectivity index (χ4n) is 1.26. The van der Waals surface area contributed by atoms with Crippen molar-refractivity contribution in [1.82, 2.24) is 0 Å². The average molecular weight is 252 g/mol. The van der Waals surface area contributed by atoms with E-state index in [1.807, 2.05) is 0 Å². The van der Waals surface area contributed by atoms with Crippen molar-refractivity contribution in [3.8, 4) is 0 Å². The zero-order valence-corrected chi connectivity index (χ0v) is 10.5. The fraction of sp³-hybridized carbons (Fsp3) is 0.385. The third-order valence-electron chi connectivity index (χ3n) is 1.93. The SMILES string of the molecule is CC(C)(C)OC(=O)O[C@@H](C(=O)O)c1ccccc1. The predicted molar refractivity (Wildman–Crippen MR) is 64.1 cm³/mol. The van der Waals surface area contributed by atoms with Gasteiger partial charge in [-0.1, -0.05) is 30.3 Å². The predicted octanol–water partition coefficient (Wildman–Crippen LogP) is 2.76. The molecule has 98 valence electrons. The molecule has 0 aliphatic rings. The Labute approximate surface area is 105 Å². The molecule has 18 heavy (non-hydrogen) atoms. The Morgan fingerprint density at radius 1 is 1.17 bits per heavy atom. The molecular formula is C13H16O5. The van der Waals surface area contributed by atoms with E-state index in [1.165, 1.54) is 0 Å². The molecule has 5 heteroatoms. The first-order valence-corrected chi connectivity index (χ1v) is 5.47. The van der Waals surface area contributed by atoms with Crippen molar-refractivity contribution >= 4 is 12.1 Å². The van der Waals surface area contributed by atoms with Crippen LogP contribution in [0.4, 0.5) is 4.79 Å². The van der Waals surface area contributed by atoms with Crippen LogP contribution in [0.1, 0.15) is 32.4 Å². The topological polar surface area (TPSA) is 72.8 Å². The number of aliphatic carboxylic acids is 1. The minimum Gasteiger partial charge on any atom is -0.478 e. The van der Waals surface area contributed by atoms with E-state index in [-0.39, 0.29) is 0 Å². The van der Waals surface area contributed by atoms with E-state index in [4.69, 9.17) is 14.6 Å². The first kappa shape index (κ1) is 14.0. The lowest BCUT2D eigenvalue weighted by Gasteiger charge is -2.21. The zero-order valence-electron chi connectivity index (χ0n) is 10.5. The number of hydrogen-bond donors (Lipinski definition) is 1. The van der Waals surface area contributed by atoms with Gasteiger partial charge >= 0.3 is 12.1 Å². The Balaban J connectivity index is 2.77. The number of benzene rings is 1. The minimum absolute atomic E-state index is 0.385. The quantitative estimate of drug-likeness (QED) is 0.837. The van der Waals surface area contributed by atoms with E-state index in [9.17, 15) is 9.59 Å². The number of ether oxygens (including phenoxy) is 2. The Bertz CT molecular complexity index is 419. The molecule has 5 nitrogen and oxygen atoms in total. The molecule has 1 atom stereocenters. The van der Waals surface area contributed by atoms with E-state index < -0.39 is 23.8 Å². The maximum atomic E-state index is 11.4. The van der Waals surface area contributed by atoms with Crippen LogP contribution in [-0.2, 0) is 14.3 Å². The van der Waals surface area contributed by atoms with Crippen molar-refractivity contribution in [3.63, 3.8) is 0 Å². The second-order valence-corrected chi connectivity index (χ2v) is 4.71. The van der Waals surface area contributed by atoms with Gasteiger partial charge in [0, 0.05) is 5.56 Å². The van der Waals surface area contributed by atoms with Gasteiger partial charge < -0.3 is 14.6 Å². The third kappa shape index (κ3) is 4.45. The van der Waals surface area contributed by atoms with Crippen LogP contribution in [0.3, 0.4) is 0 Å². The van der Waals surface area contributed by atoms with Crippen LogP contribution in [0.25, 0.3) is 0 Å². The van der Waals surface area contributed by atoms with Gasteiger partial charge in [-0.3, -0.25) is 0 Å². The molecule has 0 fully saturated rings. The highest BCUT2D eigenvalue weighted by Gasteiger charge is 2.27. The molecule has 1 aromatic carbocycles. The van der Waals surface area contributed by atoms with Crippen molar-refractivity contribution in [1.29, 1.82) is 0 Å². The Hall–Kier alpha value is -2.04. The number of carboxylic acids is 1. The number of carbonyl (C=O) groups is 2. The largest absolute Gasteiger partial charge is 0.509 e. The van der Waals surface area contributed by atoms with Gasteiger partial charge in [-0.15, -0.1) is 0 Å². The fourth-order valence-corrected chi connectivity index (χ4v) is 1.26. The molecule has 0 radical (unpaired) electrons. The summed E-state index contributed by atoms with van der Waals surface area (Å²) in [7, 11) is 0. The number of carbonyl (C=O) groups excluding carboxylic acids is 1. The molecule has 0 saturated heterocycles. The molecule has 1 rings (SSSR count). The van der Waals surface area contributed by atoms with Crippen molar-refractivity contribution < 1.29 is 24.2 Å². The first-order valence-electron chi connectivity index (χ1n) is 5.47. The second-order valence-electron chi connectivity index (χ2n) is 4.71. The summed E-state index contributed by atoms with van der Waals surface area (Å²) < 4.78 is 9.73. The molecule has 0 spiro atoms. The summed E-state index contributed by atoms with van der Waals surface area (Å²) in [6.45, 7) is 5.02. The maximum Gasteiger partial charge on any atom is 0.509 e. The molecule has 0 heterocycles. The lowest BCUT2D eigenvalue weighted by Crippen LogP contribution is -2.27. The minimum atomic E-state index is -1.36. The molecule has 1 N–H and O–H groups in total. The van der Waals surface area contributed by atoms with Gasteiger partial charge in [0.2, 0.25) is 6.10 Å². The number of carboxylic acid groups (broad SMARTS) is 1. The zero-order chi connectivity index (χ0) is 13.8. The number of rotatable bonds is 3. The Morgan fingerprint density at radius 2 is 1.72 bits per heavy atom. The van der Waals surface area contributed by atoms with E-state index in [0.29, 0.717) is 5.56 Å². The molecule has 0 amide bonds. The average Bonchev–Trinajstić information content (AvgIpc) is 2.24. The molecule has 0 unspecified atom stereocenters. The molecule has 0 bridgehead atoms. The molecule has 0 aliphatic heterocycles.